The lowest BCUT2D eigenvalue weighted by Crippen LogP contribution is -2.15. The molecule has 5 heteroatoms. The molecule has 0 aliphatic rings. The predicted octanol–water partition coefficient (Wildman–Crippen LogP) is 0.675. The van der Waals surface area contributed by atoms with Gasteiger partial charge in [-0.25, -0.2) is 0 Å². The molecule has 0 atom stereocenters. The van der Waals surface area contributed by atoms with Gasteiger partial charge in [0.25, 0.3) is 0 Å². The molecular weight excluding hydrogens is 184 g/mol. The van der Waals surface area contributed by atoms with Crippen molar-refractivity contribution in [3.8, 4) is 5.88 Å². The molecular formula is C9H12N2O3. The summed E-state index contributed by atoms with van der Waals surface area (Å²) in [7, 11) is 2.87. The highest BCUT2D eigenvalue weighted by molar-refractivity contribution is 5.74. The molecule has 1 rings (SSSR count). The molecule has 0 saturated carbocycles. The Balaban J connectivity index is 2.54. The van der Waals surface area contributed by atoms with E-state index in [1.807, 2.05) is 0 Å². The number of ether oxygens (including phenoxy) is 2. The quantitative estimate of drug-likeness (QED) is 0.717. The highest BCUT2D eigenvalue weighted by Gasteiger charge is 2.01. The van der Waals surface area contributed by atoms with Gasteiger partial charge in [-0.05, 0) is 6.07 Å². The second kappa shape index (κ2) is 5.06. The fraction of sp³-hybridized carbons (Fsp3) is 0.333. The number of nitrogens with zero attached hydrogens (tertiary/aromatic N) is 1. The Hall–Kier alpha value is -1.78. The molecule has 14 heavy (non-hydrogen) atoms. The highest BCUT2D eigenvalue weighted by Crippen LogP contribution is 2.09. The monoisotopic (exact) mass is 196 g/mol. The Bertz CT molecular complexity index is 315. The smallest absolute Gasteiger partial charge is 0.325 e. The number of pyridine rings is 1. The Kier molecular flexibility index (Phi) is 3.72. The zero-order valence-electron chi connectivity index (χ0n) is 8.11. The standard InChI is InChI=1S/C9H12N2O3/c1-13-8-5-3-4-7(11-8)10-6-9(12)14-2/h3-5H,6H2,1-2H3,(H,10,11). The predicted molar refractivity (Wildman–Crippen MR) is 51.3 cm³/mol. The van der Waals surface area contributed by atoms with Crippen molar-refractivity contribution in [2.45, 2.75) is 0 Å². The van der Waals surface area contributed by atoms with Gasteiger partial charge in [-0.1, -0.05) is 6.07 Å². The van der Waals surface area contributed by atoms with E-state index in [0.717, 1.165) is 0 Å². The van der Waals surface area contributed by atoms with Gasteiger partial charge in [0.2, 0.25) is 5.88 Å². The number of nitrogens with one attached hydrogen (secondary N) is 1. The number of methoxy groups -OCH3 is 2. The van der Waals surface area contributed by atoms with Gasteiger partial charge in [-0.2, -0.15) is 4.98 Å². The molecule has 0 fully saturated rings. The minimum atomic E-state index is -0.338. The molecule has 0 aromatic carbocycles. The summed E-state index contributed by atoms with van der Waals surface area (Å²) in [6.07, 6.45) is 0. The van der Waals surface area contributed by atoms with Crippen LogP contribution in [-0.4, -0.2) is 31.7 Å². The zero-order valence-corrected chi connectivity index (χ0v) is 8.11. The first-order valence-corrected chi connectivity index (χ1v) is 4.08. The van der Waals surface area contributed by atoms with Gasteiger partial charge in [-0.15, -0.1) is 0 Å². The number of hydrogen-bond acceptors (Lipinski definition) is 5. The van der Waals surface area contributed by atoms with Crippen LogP contribution in [0, 0.1) is 0 Å². The minimum absolute atomic E-state index is 0.0939. The third-order valence-corrected chi connectivity index (χ3v) is 1.57. The van der Waals surface area contributed by atoms with E-state index in [9.17, 15) is 4.79 Å². The number of anilines is 1. The highest BCUT2D eigenvalue weighted by atomic mass is 16.5. The van der Waals surface area contributed by atoms with Crippen LogP contribution in [0.15, 0.2) is 18.2 Å². The van der Waals surface area contributed by atoms with Crippen molar-refractivity contribution >= 4 is 11.8 Å². The van der Waals surface area contributed by atoms with Crippen LogP contribution in [-0.2, 0) is 9.53 Å². The van der Waals surface area contributed by atoms with E-state index in [1.165, 1.54) is 14.2 Å². The molecule has 0 aliphatic carbocycles. The average molecular weight is 196 g/mol. The molecule has 1 aromatic heterocycles. The number of carbonyl (C=O) groups excluding carboxylic acids is 1. The van der Waals surface area contributed by atoms with Crippen molar-refractivity contribution in [1.29, 1.82) is 0 Å². The molecule has 1 N–H and O–H groups in total. The van der Waals surface area contributed by atoms with Gasteiger partial charge >= 0.3 is 5.97 Å². The normalized spacial score (nSPS) is 9.29. The fourth-order valence-electron chi connectivity index (χ4n) is 0.862. The van der Waals surface area contributed by atoms with Crippen LogP contribution in [0.3, 0.4) is 0 Å². The molecule has 0 saturated heterocycles. The van der Waals surface area contributed by atoms with E-state index in [1.54, 1.807) is 18.2 Å². The van der Waals surface area contributed by atoms with Gasteiger partial charge in [0.05, 0.1) is 14.2 Å². The van der Waals surface area contributed by atoms with Gasteiger partial charge in [0.1, 0.15) is 12.4 Å². The Morgan fingerprint density at radius 3 is 2.93 bits per heavy atom. The number of hydrogen-bond donors (Lipinski definition) is 1. The van der Waals surface area contributed by atoms with Crippen LogP contribution in [0.2, 0.25) is 0 Å². The van der Waals surface area contributed by atoms with Crippen molar-refractivity contribution in [3.63, 3.8) is 0 Å². The SMILES string of the molecule is COC(=O)CNc1cccc(OC)n1. The third kappa shape index (κ3) is 2.93. The Morgan fingerprint density at radius 1 is 1.50 bits per heavy atom. The number of rotatable bonds is 4. The molecule has 0 unspecified atom stereocenters. The summed E-state index contributed by atoms with van der Waals surface area (Å²) in [5.74, 6) is 0.740. The van der Waals surface area contributed by atoms with Crippen molar-refractivity contribution < 1.29 is 14.3 Å². The van der Waals surface area contributed by atoms with E-state index >= 15 is 0 Å². The minimum Gasteiger partial charge on any atom is -0.481 e. The van der Waals surface area contributed by atoms with Crippen LogP contribution in [0.1, 0.15) is 0 Å². The molecule has 0 spiro atoms. The Labute approximate surface area is 82.0 Å². The first-order valence-electron chi connectivity index (χ1n) is 4.08. The fourth-order valence-corrected chi connectivity index (χ4v) is 0.862. The van der Waals surface area contributed by atoms with Gasteiger partial charge in [0, 0.05) is 6.07 Å². The molecule has 0 bridgehead atoms. The molecule has 5 nitrogen and oxygen atoms in total. The van der Waals surface area contributed by atoms with E-state index in [-0.39, 0.29) is 12.5 Å². The van der Waals surface area contributed by atoms with Crippen LogP contribution >= 0.6 is 0 Å². The zero-order chi connectivity index (χ0) is 10.4. The van der Waals surface area contributed by atoms with Crippen molar-refractivity contribution in [3.05, 3.63) is 18.2 Å². The van der Waals surface area contributed by atoms with Crippen molar-refractivity contribution in [1.82, 2.24) is 4.98 Å². The van der Waals surface area contributed by atoms with Crippen LogP contribution in [0.4, 0.5) is 5.82 Å². The first kappa shape index (κ1) is 10.3. The van der Waals surface area contributed by atoms with Crippen LogP contribution in [0.5, 0.6) is 5.88 Å². The van der Waals surface area contributed by atoms with E-state index in [0.29, 0.717) is 11.7 Å². The van der Waals surface area contributed by atoms with Crippen molar-refractivity contribution in [2.75, 3.05) is 26.1 Å². The van der Waals surface area contributed by atoms with Gasteiger partial charge in [0.15, 0.2) is 0 Å². The molecule has 76 valence electrons. The van der Waals surface area contributed by atoms with Gasteiger partial charge < -0.3 is 14.8 Å². The number of aromatic nitrogens is 1. The summed E-state index contributed by atoms with van der Waals surface area (Å²) in [6.45, 7) is 0.0939. The molecule has 1 heterocycles. The largest absolute Gasteiger partial charge is 0.481 e. The van der Waals surface area contributed by atoms with E-state index < -0.39 is 0 Å². The lowest BCUT2D eigenvalue weighted by molar-refractivity contribution is -0.138. The van der Waals surface area contributed by atoms with Crippen LogP contribution < -0.4 is 10.1 Å². The summed E-state index contributed by atoms with van der Waals surface area (Å²) in [4.78, 5) is 14.9. The Morgan fingerprint density at radius 2 is 2.29 bits per heavy atom. The number of carbonyl (C=O) groups is 1. The van der Waals surface area contributed by atoms with E-state index in [4.69, 9.17) is 4.74 Å². The summed E-state index contributed by atoms with van der Waals surface area (Å²) in [5, 5.41) is 2.80. The maximum absolute atomic E-state index is 10.8. The molecule has 0 amide bonds. The second-order valence-corrected chi connectivity index (χ2v) is 2.49. The van der Waals surface area contributed by atoms with E-state index in [2.05, 4.69) is 15.0 Å². The summed E-state index contributed by atoms with van der Waals surface area (Å²) in [6, 6.07) is 5.25. The lowest BCUT2D eigenvalue weighted by Gasteiger charge is -2.05. The maximum atomic E-state index is 10.8. The molecule has 1 aromatic rings. The summed E-state index contributed by atoms with van der Waals surface area (Å²) < 4.78 is 9.39. The first-order chi connectivity index (χ1) is 6.76. The topological polar surface area (TPSA) is 60.5 Å². The van der Waals surface area contributed by atoms with Crippen molar-refractivity contribution in [2.24, 2.45) is 0 Å². The molecule has 0 aliphatic heterocycles. The lowest BCUT2D eigenvalue weighted by atomic mass is 10.4. The second-order valence-electron chi connectivity index (χ2n) is 2.49. The summed E-state index contributed by atoms with van der Waals surface area (Å²) >= 11 is 0. The third-order valence-electron chi connectivity index (χ3n) is 1.57. The number of esters is 1. The van der Waals surface area contributed by atoms with Crippen LogP contribution in [0.25, 0.3) is 0 Å². The average Bonchev–Trinajstić information content (AvgIpc) is 2.26. The molecule has 0 radical (unpaired) electrons. The van der Waals surface area contributed by atoms with Gasteiger partial charge in [-0.3, -0.25) is 4.79 Å². The summed E-state index contributed by atoms with van der Waals surface area (Å²) in [5.41, 5.74) is 0. The maximum Gasteiger partial charge on any atom is 0.325 e.